The summed E-state index contributed by atoms with van der Waals surface area (Å²) >= 11 is 0. The Bertz CT molecular complexity index is 506. The van der Waals surface area contributed by atoms with Gasteiger partial charge in [0, 0.05) is 31.7 Å². The normalized spacial score (nSPS) is 27.4. The topological polar surface area (TPSA) is 56.7 Å². The fourth-order valence-electron chi connectivity index (χ4n) is 3.36. The van der Waals surface area contributed by atoms with Gasteiger partial charge in [-0.3, -0.25) is 9.80 Å². The molecule has 2 atom stereocenters. The molecular weight excluding hydrogens is 254 g/mol. The summed E-state index contributed by atoms with van der Waals surface area (Å²) in [6.45, 7) is 6.40. The molecule has 0 saturated carbocycles. The van der Waals surface area contributed by atoms with E-state index in [0.717, 1.165) is 25.3 Å². The largest absolute Gasteiger partial charge is 0.477 e. The second-order valence-corrected chi connectivity index (χ2v) is 5.89. The molecule has 108 valence electrons. The molecule has 5 nitrogen and oxygen atoms in total. The molecule has 0 aliphatic carbocycles. The van der Waals surface area contributed by atoms with Crippen molar-refractivity contribution in [2.45, 2.75) is 38.4 Å². The van der Waals surface area contributed by atoms with Gasteiger partial charge in [0.25, 0.3) is 0 Å². The third-order valence-electron chi connectivity index (χ3n) is 4.46. The van der Waals surface area contributed by atoms with E-state index in [1.165, 1.54) is 19.4 Å². The van der Waals surface area contributed by atoms with Crippen LogP contribution >= 0.6 is 0 Å². The Balaban J connectivity index is 1.70. The first-order valence-electron chi connectivity index (χ1n) is 7.31. The van der Waals surface area contributed by atoms with E-state index in [4.69, 9.17) is 5.11 Å². The van der Waals surface area contributed by atoms with Crippen LogP contribution in [0.2, 0.25) is 0 Å². The van der Waals surface area contributed by atoms with Gasteiger partial charge >= 0.3 is 5.97 Å². The Hall–Kier alpha value is -1.46. The zero-order chi connectivity index (χ0) is 14.1. The summed E-state index contributed by atoms with van der Waals surface area (Å²) in [6, 6.07) is 6.42. The van der Waals surface area contributed by atoms with E-state index < -0.39 is 5.97 Å². The van der Waals surface area contributed by atoms with Crippen LogP contribution in [0.4, 0.5) is 0 Å². The molecule has 0 amide bonds. The zero-order valence-electron chi connectivity index (χ0n) is 11.8. The summed E-state index contributed by atoms with van der Waals surface area (Å²) in [4.78, 5) is 20.2. The van der Waals surface area contributed by atoms with Crippen molar-refractivity contribution in [3.63, 3.8) is 0 Å². The average Bonchev–Trinajstić information content (AvgIpc) is 2.86. The Morgan fingerprint density at radius 2 is 2.30 bits per heavy atom. The molecule has 0 spiro atoms. The fraction of sp³-hybridized carbons (Fsp3) is 0.600. The van der Waals surface area contributed by atoms with Crippen LogP contribution in [0.15, 0.2) is 18.2 Å². The van der Waals surface area contributed by atoms with Gasteiger partial charge in [-0.15, -0.1) is 0 Å². The van der Waals surface area contributed by atoms with Crippen LogP contribution in [-0.2, 0) is 6.54 Å². The van der Waals surface area contributed by atoms with Crippen LogP contribution in [0, 0.1) is 0 Å². The smallest absolute Gasteiger partial charge is 0.354 e. The van der Waals surface area contributed by atoms with E-state index in [2.05, 4.69) is 21.7 Å². The highest BCUT2D eigenvalue weighted by Crippen LogP contribution is 2.25. The minimum atomic E-state index is -0.958. The summed E-state index contributed by atoms with van der Waals surface area (Å²) in [6.07, 6.45) is 2.59. The maximum Gasteiger partial charge on any atom is 0.354 e. The van der Waals surface area contributed by atoms with E-state index in [0.29, 0.717) is 12.1 Å². The van der Waals surface area contributed by atoms with Crippen molar-refractivity contribution >= 4 is 5.97 Å². The molecule has 2 aliphatic heterocycles. The molecule has 1 aromatic rings. The second kappa shape index (κ2) is 5.50. The molecule has 0 bridgehead atoms. The first-order valence-corrected chi connectivity index (χ1v) is 7.31. The minimum Gasteiger partial charge on any atom is -0.477 e. The van der Waals surface area contributed by atoms with Gasteiger partial charge in [0.15, 0.2) is 0 Å². The zero-order valence-corrected chi connectivity index (χ0v) is 11.8. The molecule has 2 saturated heterocycles. The van der Waals surface area contributed by atoms with Crippen molar-refractivity contribution < 1.29 is 9.90 Å². The lowest BCUT2D eigenvalue weighted by Crippen LogP contribution is -2.54. The number of aromatic carboxylic acids is 1. The summed E-state index contributed by atoms with van der Waals surface area (Å²) in [7, 11) is 0. The molecule has 2 aliphatic rings. The Morgan fingerprint density at radius 3 is 3.10 bits per heavy atom. The minimum absolute atomic E-state index is 0.134. The van der Waals surface area contributed by atoms with Gasteiger partial charge in [0.2, 0.25) is 0 Å². The average molecular weight is 275 g/mol. The number of aromatic nitrogens is 1. The van der Waals surface area contributed by atoms with Gasteiger partial charge in [0.1, 0.15) is 5.69 Å². The van der Waals surface area contributed by atoms with Gasteiger partial charge in [-0.1, -0.05) is 6.07 Å². The Morgan fingerprint density at radius 1 is 1.45 bits per heavy atom. The Kier molecular flexibility index (Phi) is 3.72. The van der Waals surface area contributed by atoms with Crippen LogP contribution in [0.5, 0.6) is 0 Å². The molecular formula is C15H21N3O2. The van der Waals surface area contributed by atoms with Crippen LogP contribution in [0.1, 0.15) is 35.9 Å². The van der Waals surface area contributed by atoms with Crippen molar-refractivity contribution in [2.75, 3.05) is 19.6 Å². The number of carboxylic acids is 1. The standard InChI is InChI=1S/C15H21N3O2/c1-11-8-17-7-3-5-13(17)10-18(11)9-12-4-2-6-14(16-12)15(19)20/h2,4,6,11,13H,3,5,7-10H2,1H3,(H,19,20). The molecule has 2 fully saturated rings. The highest BCUT2D eigenvalue weighted by molar-refractivity contribution is 5.85. The molecule has 2 unspecified atom stereocenters. The SMILES string of the molecule is CC1CN2CCCC2CN1Cc1cccc(C(=O)O)n1. The molecule has 0 radical (unpaired) electrons. The molecule has 3 heterocycles. The first kappa shape index (κ1) is 13.5. The molecule has 1 aromatic heterocycles. The van der Waals surface area contributed by atoms with Crippen molar-refractivity contribution in [1.29, 1.82) is 0 Å². The number of carbonyl (C=O) groups is 1. The van der Waals surface area contributed by atoms with E-state index in [1.807, 2.05) is 6.07 Å². The number of hydrogen-bond acceptors (Lipinski definition) is 4. The molecule has 5 heteroatoms. The number of hydrogen-bond donors (Lipinski definition) is 1. The van der Waals surface area contributed by atoms with Crippen LogP contribution < -0.4 is 0 Å². The van der Waals surface area contributed by atoms with Crippen LogP contribution in [0.3, 0.4) is 0 Å². The quantitative estimate of drug-likeness (QED) is 0.905. The number of rotatable bonds is 3. The van der Waals surface area contributed by atoms with Crippen molar-refractivity contribution in [2.24, 2.45) is 0 Å². The molecule has 3 rings (SSSR count). The van der Waals surface area contributed by atoms with Gasteiger partial charge < -0.3 is 5.11 Å². The van der Waals surface area contributed by atoms with Gasteiger partial charge in [-0.25, -0.2) is 9.78 Å². The maximum atomic E-state index is 11.0. The summed E-state index contributed by atoms with van der Waals surface area (Å²) in [5, 5.41) is 9.01. The molecule has 1 N–H and O–H groups in total. The van der Waals surface area contributed by atoms with Crippen LogP contribution in [-0.4, -0.2) is 57.6 Å². The van der Waals surface area contributed by atoms with E-state index in [9.17, 15) is 4.79 Å². The van der Waals surface area contributed by atoms with Crippen molar-refractivity contribution in [3.8, 4) is 0 Å². The first-order chi connectivity index (χ1) is 9.63. The van der Waals surface area contributed by atoms with Gasteiger partial charge in [0.05, 0.1) is 5.69 Å². The maximum absolute atomic E-state index is 11.0. The lowest BCUT2D eigenvalue weighted by atomic mass is 10.1. The van der Waals surface area contributed by atoms with E-state index in [-0.39, 0.29) is 5.69 Å². The summed E-state index contributed by atoms with van der Waals surface area (Å²) in [5.41, 5.74) is 0.984. The third-order valence-corrected chi connectivity index (χ3v) is 4.46. The monoisotopic (exact) mass is 275 g/mol. The summed E-state index contributed by atoms with van der Waals surface area (Å²) < 4.78 is 0. The lowest BCUT2D eigenvalue weighted by Gasteiger charge is -2.42. The third kappa shape index (κ3) is 2.69. The highest BCUT2D eigenvalue weighted by atomic mass is 16.4. The number of nitrogens with zero attached hydrogens (tertiary/aromatic N) is 3. The molecule has 20 heavy (non-hydrogen) atoms. The van der Waals surface area contributed by atoms with Crippen molar-refractivity contribution in [1.82, 2.24) is 14.8 Å². The molecule has 0 aromatic carbocycles. The number of fused-ring (bicyclic) bond motifs is 1. The predicted molar refractivity (Wildman–Crippen MR) is 75.7 cm³/mol. The van der Waals surface area contributed by atoms with Crippen LogP contribution in [0.25, 0.3) is 0 Å². The van der Waals surface area contributed by atoms with E-state index >= 15 is 0 Å². The van der Waals surface area contributed by atoms with Gasteiger partial charge in [-0.05, 0) is 38.4 Å². The fourth-order valence-corrected chi connectivity index (χ4v) is 3.36. The number of carboxylic acid groups (broad SMARTS) is 1. The summed E-state index contributed by atoms with van der Waals surface area (Å²) in [5.74, 6) is -0.958. The van der Waals surface area contributed by atoms with E-state index in [1.54, 1.807) is 12.1 Å². The Labute approximate surface area is 119 Å². The highest BCUT2D eigenvalue weighted by Gasteiger charge is 2.34. The predicted octanol–water partition coefficient (Wildman–Crippen LogP) is 1.45. The number of pyridine rings is 1. The van der Waals surface area contributed by atoms with Crippen molar-refractivity contribution in [3.05, 3.63) is 29.6 Å². The number of piperazine rings is 1. The lowest BCUT2D eigenvalue weighted by molar-refractivity contribution is 0.0529. The second-order valence-electron chi connectivity index (χ2n) is 5.89. The van der Waals surface area contributed by atoms with Gasteiger partial charge in [-0.2, -0.15) is 0 Å².